The van der Waals surface area contributed by atoms with Crippen LogP contribution >= 0.6 is 11.3 Å². The van der Waals surface area contributed by atoms with Gasteiger partial charge in [-0.25, -0.2) is 0 Å². The van der Waals surface area contributed by atoms with E-state index in [1.54, 1.807) is 11.3 Å². The number of carbonyl (C=O) groups is 1. The van der Waals surface area contributed by atoms with Crippen LogP contribution in [0.15, 0.2) is 0 Å². The molecule has 20 heavy (non-hydrogen) atoms. The van der Waals surface area contributed by atoms with Gasteiger partial charge in [-0.3, -0.25) is 4.79 Å². The zero-order valence-electron chi connectivity index (χ0n) is 11.6. The summed E-state index contributed by atoms with van der Waals surface area (Å²) >= 11 is 1.57. The van der Waals surface area contributed by atoms with Crippen molar-refractivity contribution in [1.82, 2.24) is 0 Å². The van der Waals surface area contributed by atoms with Gasteiger partial charge in [-0.1, -0.05) is 6.92 Å². The van der Waals surface area contributed by atoms with E-state index in [9.17, 15) is 10.1 Å². The van der Waals surface area contributed by atoms with Crippen LogP contribution < -0.4 is 5.32 Å². The van der Waals surface area contributed by atoms with E-state index < -0.39 is 0 Å². The largest absolute Gasteiger partial charge is 0.368 e. The molecule has 0 saturated carbocycles. The molecule has 2 atom stereocenters. The van der Waals surface area contributed by atoms with E-state index in [4.69, 9.17) is 4.74 Å². The van der Waals surface area contributed by atoms with Gasteiger partial charge in [0.25, 0.3) is 5.91 Å². The molecule has 1 amide bonds. The fourth-order valence-corrected chi connectivity index (χ4v) is 4.30. The van der Waals surface area contributed by atoms with E-state index in [2.05, 4.69) is 18.3 Å². The minimum Gasteiger partial charge on any atom is -0.368 e. The fourth-order valence-electron chi connectivity index (χ4n) is 2.93. The normalized spacial score (nSPS) is 25.0. The summed E-state index contributed by atoms with van der Waals surface area (Å²) in [5, 5.41) is 13.0. The van der Waals surface area contributed by atoms with Gasteiger partial charge >= 0.3 is 0 Å². The molecule has 1 N–H and O–H groups in total. The van der Waals surface area contributed by atoms with Gasteiger partial charge in [0, 0.05) is 11.5 Å². The average molecular weight is 290 g/mol. The molecule has 1 aliphatic heterocycles. The quantitative estimate of drug-likeness (QED) is 0.911. The third kappa shape index (κ3) is 2.46. The number of rotatable bonds is 2. The second-order valence-electron chi connectivity index (χ2n) is 5.66. The number of nitrogens with zero attached hydrogens (tertiary/aromatic N) is 1. The summed E-state index contributed by atoms with van der Waals surface area (Å²) in [5.74, 6) is 0.556. The summed E-state index contributed by atoms with van der Waals surface area (Å²) in [4.78, 5) is 13.4. The number of anilines is 1. The molecular weight excluding hydrogens is 272 g/mol. The predicted molar refractivity (Wildman–Crippen MR) is 77.8 cm³/mol. The van der Waals surface area contributed by atoms with E-state index in [-0.39, 0.29) is 12.0 Å². The van der Waals surface area contributed by atoms with Gasteiger partial charge in [-0.2, -0.15) is 5.26 Å². The van der Waals surface area contributed by atoms with Crippen molar-refractivity contribution in [1.29, 1.82) is 5.26 Å². The zero-order chi connectivity index (χ0) is 14.1. The van der Waals surface area contributed by atoms with Crippen LogP contribution in [0.25, 0.3) is 0 Å². The Bertz CT molecular complexity index is 567. The molecule has 0 aromatic carbocycles. The maximum Gasteiger partial charge on any atom is 0.254 e. The molecule has 1 saturated heterocycles. The first-order chi connectivity index (χ1) is 9.69. The number of thiophene rings is 1. The lowest BCUT2D eigenvalue weighted by Crippen LogP contribution is -2.26. The summed E-state index contributed by atoms with van der Waals surface area (Å²) < 4.78 is 5.39. The summed E-state index contributed by atoms with van der Waals surface area (Å²) in [6.07, 6.45) is 4.45. The van der Waals surface area contributed by atoms with Crippen molar-refractivity contribution in [3.8, 4) is 6.07 Å². The number of nitrogens with one attached hydrogen (secondary N) is 1. The molecule has 0 unspecified atom stereocenters. The Morgan fingerprint density at radius 3 is 3.05 bits per heavy atom. The average Bonchev–Trinajstić information content (AvgIpc) is 3.04. The Hall–Kier alpha value is -1.38. The third-order valence-corrected chi connectivity index (χ3v) is 5.25. The maximum atomic E-state index is 12.1. The zero-order valence-corrected chi connectivity index (χ0v) is 12.4. The van der Waals surface area contributed by atoms with Gasteiger partial charge in [0.05, 0.1) is 5.56 Å². The Balaban J connectivity index is 1.83. The van der Waals surface area contributed by atoms with E-state index in [1.807, 2.05) is 0 Å². The first kappa shape index (κ1) is 13.6. The van der Waals surface area contributed by atoms with Crippen LogP contribution in [-0.4, -0.2) is 18.6 Å². The molecule has 5 heteroatoms. The molecule has 1 aromatic rings. The molecule has 106 valence electrons. The van der Waals surface area contributed by atoms with Crippen molar-refractivity contribution in [3.63, 3.8) is 0 Å². The minimum atomic E-state index is -0.348. The van der Waals surface area contributed by atoms with E-state index in [1.165, 1.54) is 4.88 Å². The summed E-state index contributed by atoms with van der Waals surface area (Å²) in [5.41, 5.74) is 1.82. The lowest BCUT2D eigenvalue weighted by atomic mass is 9.88. The first-order valence-corrected chi connectivity index (χ1v) is 7.97. The summed E-state index contributed by atoms with van der Waals surface area (Å²) in [7, 11) is 0. The first-order valence-electron chi connectivity index (χ1n) is 7.16. The van der Waals surface area contributed by atoms with Crippen LogP contribution in [0.5, 0.6) is 0 Å². The van der Waals surface area contributed by atoms with Crippen LogP contribution in [-0.2, 0) is 22.4 Å². The van der Waals surface area contributed by atoms with Crippen molar-refractivity contribution in [2.45, 2.75) is 45.1 Å². The SMILES string of the molecule is C[C@@H]1CCc2c(sc(NC(=O)[C@H]3CCCO3)c2C#N)C1. The monoisotopic (exact) mass is 290 g/mol. The third-order valence-electron chi connectivity index (χ3n) is 4.08. The van der Waals surface area contributed by atoms with Crippen LogP contribution in [0.2, 0.25) is 0 Å². The second-order valence-corrected chi connectivity index (χ2v) is 6.76. The Morgan fingerprint density at radius 2 is 2.35 bits per heavy atom. The minimum absolute atomic E-state index is 0.106. The van der Waals surface area contributed by atoms with Gasteiger partial charge in [-0.05, 0) is 43.6 Å². The van der Waals surface area contributed by atoms with Crippen molar-refractivity contribution >= 4 is 22.2 Å². The summed E-state index contributed by atoms with van der Waals surface area (Å²) in [6, 6.07) is 2.27. The highest BCUT2D eigenvalue weighted by atomic mass is 32.1. The second kappa shape index (κ2) is 5.55. The summed E-state index contributed by atoms with van der Waals surface area (Å²) in [6.45, 7) is 2.89. The predicted octanol–water partition coefficient (Wildman–Crippen LogP) is 2.86. The smallest absolute Gasteiger partial charge is 0.254 e. The van der Waals surface area contributed by atoms with Crippen molar-refractivity contribution < 1.29 is 9.53 Å². The molecule has 4 nitrogen and oxygen atoms in total. The molecule has 1 aliphatic carbocycles. The molecule has 1 fully saturated rings. The van der Waals surface area contributed by atoms with Crippen molar-refractivity contribution in [3.05, 3.63) is 16.0 Å². The van der Waals surface area contributed by atoms with Crippen LogP contribution in [0.3, 0.4) is 0 Å². The molecule has 2 aliphatic rings. The Labute approximate surface area is 122 Å². The molecule has 0 radical (unpaired) electrons. The standard InChI is InChI=1S/C15H18N2O2S/c1-9-4-5-10-11(8-16)15(20-13(10)7-9)17-14(18)12-3-2-6-19-12/h9,12H,2-7H2,1H3,(H,17,18)/t9-,12-/m1/s1. The lowest BCUT2D eigenvalue weighted by Gasteiger charge is -2.17. The van der Waals surface area contributed by atoms with Gasteiger partial charge in [0.15, 0.2) is 0 Å². The Morgan fingerprint density at radius 1 is 1.50 bits per heavy atom. The van der Waals surface area contributed by atoms with E-state index in [0.717, 1.165) is 37.7 Å². The number of hydrogen-bond acceptors (Lipinski definition) is 4. The molecule has 1 aromatic heterocycles. The highest BCUT2D eigenvalue weighted by Crippen LogP contribution is 2.39. The van der Waals surface area contributed by atoms with Gasteiger partial charge in [0.2, 0.25) is 0 Å². The number of carbonyl (C=O) groups excluding carboxylic acids is 1. The highest BCUT2D eigenvalue weighted by molar-refractivity contribution is 7.16. The van der Waals surface area contributed by atoms with Crippen LogP contribution in [0, 0.1) is 17.2 Å². The molecular formula is C15H18N2O2S. The van der Waals surface area contributed by atoms with Crippen LogP contribution in [0.4, 0.5) is 5.00 Å². The maximum absolute atomic E-state index is 12.1. The van der Waals surface area contributed by atoms with Crippen molar-refractivity contribution in [2.24, 2.45) is 5.92 Å². The molecule has 0 spiro atoms. The number of ether oxygens (including phenoxy) is 1. The number of fused-ring (bicyclic) bond motifs is 1. The Kier molecular flexibility index (Phi) is 3.77. The van der Waals surface area contributed by atoms with E-state index in [0.29, 0.717) is 23.1 Å². The number of hydrogen-bond donors (Lipinski definition) is 1. The molecule has 0 bridgehead atoms. The van der Waals surface area contributed by atoms with Crippen molar-refractivity contribution in [2.75, 3.05) is 11.9 Å². The number of amides is 1. The molecule has 3 rings (SSSR count). The topological polar surface area (TPSA) is 62.1 Å². The highest BCUT2D eigenvalue weighted by Gasteiger charge is 2.28. The molecule has 2 heterocycles. The lowest BCUT2D eigenvalue weighted by molar-refractivity contribution is -0.124. The van der Waals surface area contributed by atoms with Gasteiger partial charge < -0.3 is 10.1 Å². The van der Waals surface area contributed by atoms with Gasteiger partial charge in [-0.15, -0.1) is 11.3 Å². The number of nitriles is 1. The van der Waals surface area contributed by atoms with Crippen LogP contribution in [0.1, 0.15) is 42.2 Å². The van der Waals surface area contributed by atoms with Gasteiger partial charge in [0.1, 0.15) is 17.2 Å². The van der Waals surface area contributed by atoms with E-state index >= 15 is 0 Å². The fraction of sp³-hybridized carbons (Fsp3) is 0.600.